The van der Waals surface area contributed by atoms with Crippen LogP contribution in [0.5, 0.6) is 0 Å². The second-order valence-electron chi connectivity index (χ2n) is 4.75. The third-order valence-corrected chi connectivity index (χ3v) is 3.15. The summed E-state index contributed by atoms with van der Waals surface area (Å²) in [6.07, 6.45) is 1.62. The van der Waals surface area contributed by atoms with Crippen LogP contribution < -0.4 is 11.1 Å². The summed E-state index contributed by atoms with van der Waals surface area (Å²) in [6, 6.07) is 12.6. The van der Waals surface area contributed by atoms with Crippen LogP contribution in [0.3, 0.4) is 0 Å². The lowest BCUT2D eigenvalue weighted by Gasteiger charge is -2.08. The molecule has 0 radical (unpaired) electrons. The lowest BCUT2D eigenvalue weighted by atomic mass is 10.1. The number of nitrogens with zero attached hydrogens (tertiary/aromatic N) is 2. The van der Waals surface area contributed by atoms with E-state index in [1.165, 1.54) is 0 Å². The van der Waals surface area contributed by atoms with Gasteiger partial charge in [0, 0.05) is 11.1 Å². The molecule has 1 aromatic carbocycles. The van der Waals surface area contributed by atoms with Gasteiger partial charge in [-0.2, -0.15) is 0 Å². The first-order valence-electron chi connectivity index (χ1n) is 6.53. The van der Waals surface area contributed by atoms with E-state index in [-0.39, 0.29) is 5.91 Å². The van der Waals surface area contributed by atoms with Crippen LogP contribution in [0.4, 0.5) is 11.5 Å². The van der Waals surface area contributed by atoms with Crippen molar-refractivity contribution in [3.63, 3.8) is 0 Å². The number of aryl methyl sites for hydroxylation is 1. The van der Waals surface area contributed by atoms with Crippen molar-refractivity contribution in [2.24, 2.45) is 0 Å². The average molecular weight is 278 g/mol. The van der Waals surface area contributed by atoms with Crippen LogP contribution in [0.15, 0.2) is 48.7 Å². The third kappa shape index (κ3) is 2.67. The number of nitrogens with two attached hydrogens (primary N) is 1. The fourth-order valence-electron chi connectivity index (χ4n) is 2.12. The minimum absolute atomic E-state index is 0.231. The van der Waals surface area contributed by atoms with Gasteiger partial charge in [0.05, 0.1) is 23.0 Å². The van der Waals surface area contributed by atoms with Gasteiger partial charge in [0.2, 0.25) is 0 Å². The molecule has 0 saturated carbocycles. The Morgan fingerprint density at radius 3 is 2.76 bits per heavy atom. The van der Waals surface area contributed by atoms with E-state index in [9.17, 15) is 4.79 Å². The van der Waals surface area contributed by atoms with E-state index in [2.05, 4.69) is 15.3 Å². The average Bonchev–Trinajstić information content (AvgIpc) is 2.48. The molecule has 3 aromatic rings. The number of benzene rings is 1. The van der Waals surface area contributed by atoms with E-state index < -0.39 is 0 Å². The molecule has 0 aliphatic carbocycles. The molecule has 0 fully saturated rings. The van der Waals surface area contributed by atoms with E-state index in [0.29, 0.717) is 22.6 Å². The van der Waals surface area contributed by atoms with Crippen LogP contribution in [0, 0.1) is 6.92 Å². The quantitative estimate of drug-likeness (QED) is 0.755. The van der Waals surface area contributed by atoms with Crippen molar-refractivity contribution in [3.8, 4) is 0 Å². The maximum Gasteiger partial charge on any atom is 0.256 e. The summed E-state index contributed by atoms with van der Waals surface area (Å²) in [5.74, 6) is 0.0897. The predicted molar refractivity (Wildman–Crippen MR) is 83.1 cm³/mol. The zero-order valence-electron chi connectivity index (χ0n) is 11.5. The van der Waals surface area contributed by atoms with Gasteiger partial charge >= 0.3 is 0 Å². The number of aromatic nitrogens is 2. The second-order valence-corrected chi connectivity index (χ2v) is 4.75. The summed E-state index contributed by atoms with van der Waals surface area (Å²) in [6.45, 7) is 1.89. The molecule has 0 bridgehead atoms. The number of anilines is 2. The summed E-state index contributed by atoms with van der Waals surface area (Å²) < 4.78 is 0. The number of hydrogen-bond donors (Lipinski definition) is 2. The highest BCUT2D eigenvalue weighted by Gasteiger charge is 2.12. The standard InChI is InChI=1S/C16H14N4O/c1-10-6-7-11(9-18-10)19-16(21)13-8-15(17)20-14-5-3-2-4-12(13)14/h2-9H,1H3,(H2,17,20)(H,19,21). The van der Waals surface area contributed by atoms with Crippen LogP contribution in [-0.2, 0) is 0 Å². The van der Waals surface area contributed by atoms with Crippen LogP contribution in [-0.4, -0.2) is 15.9 Å². The Hall–Kier alpha value is -2.95. The molecular formula is C16H14N4O. The molecule has 0 spiro atoms. The molecule has 3 N–H and O–H groups in total. The minimum atomic E-state index is -0.231. The second kappa shape index (κ2) is 5.20. The minimum Gasteiger partial charge on any atom is -0.384 e. The number of nitrogen functional groups attached to an aromatic ring is 1. The molecule has 1 amide bonds. The Kier molecular flexibility index (Phi) is 3.23. The smallest absolute Gasteiger partial charge is 0.256 e. The monoisotopic (exact) mass is 278 g/mol. The molecule has 3 rings (SSSR count). The molecule has 5 heteroatoms. The lowest BCUT2D eigenvalue weighted by Crippen LogP contribution is -2.13. The number of amides is 1. The van der Waals surface area contributed by atoms with E-state index in [1.807, 2.05) is 43.3 Å². The molecule has 0 aliphatic rings. The first-order chi connectivity index (χ1) is 10.1. The van der Waals surface area contributed by atoms with E-state index in [1.54, 1.807) is 12.3 Å². The van der Waals surface area contributed by atoms with E-state index in [0.717, 1.165) is 11.1 Å². The molecule has 0 aliphatic heterocycles. The van der Waals surface area contributed by atoms with Gasteiger partial charge in [-0.25, -0.2) is 4.98 Å². The van der Waals surface area contributed by atoms with Crippen LogP contribution in [0.2, 0.25) is 0 Å². The van der Waals surface area contributed by atoms with Crippen LogP contribution >= 0.6 is 0 Å². The molecule has 2 heterocycles. The highest BCUT2D eigenvalue weighted by Crippen LogP contribution is 2.20. The van der Waals surface area contributed by atoms with Gasteiger partial charge in [-0.1, -0.05) is 18.2 Å². The van der Waals surface area contributed by atoms with Gasteiger partial charge in [-0.15, -0.1) is 0 Å². The van der Waals surface area contributed by atoms with Crippen molar-refractivity contribution in [2.45, 2.75) is 6.92 Å². The normalized spacial score (nSPS) is 10.5. The zero-order valence-corrected chi connectivity index (χ0v) is 11.5. The summed E-state index contributed by atoms with van der Waals surface area (Å²) in [5, 5.41) is 3.59. The number of hydrogen-bond acceptors (Lipinski definition) is 4. The maximum atomic E-state index is 12.4. The number of para-hydroxylation sites is 1. The Balaban J connectivity index is 1.99. The van der Waals surface area contributed by atoms with Crippen molar-refractivity contribution < 1.29 is 4.79 Å². The summed E-state index contributed by atoms with van der Waals surface area (Å²) in [5.41, 5.74) is 8.51. The lowest BCUT2D eigenvalue weighted by molar-refractivity contribution is 0.102. The van der Waals surface area contributed by atoms with Crippen LogP contribution in [0.25, 0.3) is 10.9 Å². The molecule has 2 aromatic heterocycles. The van der Waals surface area contributed by atoms with Crippen molar-refractivity contribution in [3.05, 3.63) is 59.9 Å². The van der Waals surface area contributed by atoms with E-state index >= 15 is 0 Å². The van der Waals surface area contributed by atoms with Crippen molar-refractivity contribution in [1.82, 2.24) is 9.97 Å². The fourth-order valence-corrected chi connectivity index (χ4v) is 2.12. The van der Waals surface area contributed by atoms with Gasteiger partial charge in [-0.3, -0.25) is 9.78 Å². The maximum absolute atomic E-state index is 12.4. The highest BCUT2D eigenvalue weighted by atomic mass is 16.1. The first kappa shape index (κ1) is 13.1. The summed E-state index contributed by atoms with van der Waals surface area (Å²) in [4.78, 5) is 20.8. The van der Waals surface area contributed by atoms with Gasteiger partial charge in [0.15, 0.2) is 0 Å². The molecule has 0 unspecified atom stereocenters. The Bertz CT molecular complexity index is 812. The van der Waals surface area contributed by atoms with Gasteiger partial charge < -0.3 is 11.1 Å². The molecule has 104 valence electrons. The number of pyridine rings is 2. The van der Waals surface area contributed by atoms with E-state index in [4.69, 9.17) is 5.73 Å². The summed E-state index contributed by atoms with van der Waals surface area (Å²) >= 11 is 0. The van der Waals surface area contributed by atoms with Crippen molar-refractivity contribution in [2.75, 3.05) is 11.1 Å². The fraction of sp³-hybridized carbons (Fsp3) is 0.0625. The van der Waals surface area contributed by atoms with Crippen LogP contribution in [0.1, 0.15) is 16.1 Å². The number of carbonyl (C=O) groups excluding carboxylic acids is 1. The topological polar surface area (TPSA) is 80.9 Å². The zero-order chi connectivity index (χ0) is 14.8. The molecule has 0 saturated heterocycles. The number of nitrogens with one attached hydrogen (secondary N) is 1. The Labute approximate surface area is 121 Å². The third-order valence-electron chi connectivity index (χ3n) is 3.15. The highest BCUT2D eigenvalue weighted by molar-refractivity contribution is 6.12. The first-order valence-corrected chi connectivity index (χ1v) is 6.53. The van der Waals surface area contributed by atoms with Gasteiger partial charge in [-0.05, 0) is 31.2 Å². The molecule has 5 nitrogen and oxygen atoms in total. The van der Waals surface area contributed by atoms with Gasteiger partial charge in [0.25, 0.3) is 5.91 Å². The number of carbonyl (C=O) groups is 1. The van der Waals surface area contributed by atoms with Crippen molar-refractivity contribution >= 4 is 28.3 Å². The van der Waals surface area contributed by atoms with Crippen molar-refractivity contribution in [1.29, 1.82) is 0 Å². The van der Waals surface area contributed by atoms with Gasteiger partial charge in [0.1, 0.15) is 5.82 Å². The predicted octanol–water partition coefficient (Wildman–Crippen LogP) is 2.77. The Morgan fingerprint density at radius 1 is 1.19 bits per heavy atom. The SMILES string of the molecule is Cc1ccc(NC(=O)c2cc(N)nc3ccccc23)cn1. The number of fused-ring (bicyclic) bond motifs is 1. The molecule has 0 atom stereocenters. The Morgan fingerprint density at radius 2 is 2.00 bits per heavy atom. The number of rotatable bonds is 2. The largest absolute Gasteiger partial charge is 0.384 e. The summed E-state index contributed by atoms with van der Waals surface area (Å²) in [7, 11) is 0. The molecular weight excluding hydrogens is 264 g/mol. The molecule has 21 heavy (non-hydrogen) atoms.